The fraction of sp³-hybridized carbons (Fsp3) is 0.800. The quantitative estimate of drug-likeness (QED) is 0.577. The molecule has 1 saturated heterocycles. The number of hydrogen-bond donors (Lipinski definition) is 3. The predicted octanol–water partition coefficient (Wildman–Crippen LogP) is 0.790. The molecule has 92 valence electrons. The number of thioether (sulfide) groups is 1. The molecule has 2 atom stereocenters. The average Bonchev–Trinajstić information content (AvgIpc) is 2.65. The number of carbonyl (C=O) groups is 2. The second-order valence-electron chi connectivity index (χ2n) is 3.88. The van der Waals surface area contributed by atoms with Crippen LogP contribution >= 0.6 is 11.8 Å². The molecule has 0 aromatic carbocycles. The summed E-state index contributed by atoms with van der Waals surface area (Å²) in [4.78, 5) is 20.9. The van der Waals surface area contributed by atoms with Crippen molar-refractivity contribution in [2.24, 2.45) is 0 Å². The molecular weight excluding hydrogens is 230 g/mol. The van der Waals surface area contributed by atoms with Crippen LogP contribution in [0.3, 0.4) is 0 Å². The first-order valence-corrected chi connectivity index (χ1v) is 6.44. The van der Waals surface area contributed by atoms with Gasteiger partial charge in [0.05, 0.1) is 0 Å². The third-order valence-electron chi connectivity index (χ3n) is 2.53. The van der Waals surface area contributed by atoms with E-state index in [0.29, 0.717) is 18.1 Å². The molecule has 0 aliphatic carbocycles. The van der Waals surface area contributed by atoms with Crippen molar-refractivity contribution >= 4 is 23.7 Å². The van der Waals surface area contributed by atoms with Gasteiger partial charge in [0.25, 0.3) is 0 Å². The summed E-state index contributed by atoms with van der Waals surface area (Å²) in [5, 5.41) is 20.5. The van der Waals surface area contributed by atoms with Crippen molar-refractivity contribution < 1.29 is 19.8 Å². The molecule has 1 aliphatic rings. The van der Waals surface area contributed by atoms with Gasteiger partial charge in [-0.3, -0.25) is 9.59 Å². The van der Waals surface area contributed by atoms with Crippen molar-refractivity contribution in [2.45, 2.75) is 37.0 Å². The van der Waals surface area contributed by atoms with E-state index in [2.05, 4.69) is 5.32 Å². The van der Waals surface area contributed by atoms with Crippen molar-refractivity contribution in [3.05, 3.63) is 0 Å². The van der Waals surface area contributed by atoms with E-state index in [1.165, 1.54) is 0 Å². The Kier molecular flexibility index (Phi) is 5.62. The van der Waals surface area contributed by atoms with Crippen LogP contribution in [-0.2, 0) is 9.59 Å². The Morgan fingerprint density at radius 2 is 2.06 bits per heavy atom. The largest absolute Gasteiger partial charge is 0.481 e. The highest BCUT2D eigenvalue weighted by atomic mass is 32.2. The maximum Gasteiger partial charge on any atom is 0.320 e. The molecule has 0 radical (unpaired) electrons. The van der Waals surface area contributed by atoms with E-state index in [9.17, 15) is 9.59 Å². The number of hydrogen-bond acceptors (Lipinski definition) is 4. The van der Waals surface area contributed by atoms with E-state index in [4.69, 9.17) is 10.2 Å². The average molecular weight is 247 g/mol. The fourth-order valence-electron chi connectivity index (χ4n) is 1.65. The van der Waals surface area contributed by atoms with Crippen LogP contribution in [0, 0.1) is 0 Å². The summed E-state index contributed by atoms with van der Waals surface area (Å²) in [7, 11) is 0. The van der Waals surface area contributed by atoms with Crippen molar-refractivity contribution in [1.29, 1.82) is 0 Å². The fourth-order valence-corrected chi connectivity index (χ4v) is 2.89. The third kappa shape index (κ3) is 4.85. The van der Waals surface area contributed by atoms with E-state index in [0.717, 1.165) is 18.7 Å². The Balaban J connectivity index is 2.02. The van der Waals surface area contributed by atoms with Crippen LogP contribution in [0.4, 0.5) is 0 Å². The highest BCUT2D eigenvalue weighted by Crippen LogP contribution is 2.22. The molecule has 3 N–H and O–H groups in total. The van der Waals surface area contributed by atoms with Gasteiger partial charge in [-0.15, -0.1) is 0 Å². The Morgan fingerprint density at radius 1 is 1.31 bits per heavy atom. The first-order valence-electron chi connectivity index (χ1n) is 5.39. The summed E-state index contributed by atoms with van der Waals surface area (Å²) < 4.78 is 0. The van der Waals surface area contributed by atoms with Crippen molar-refractivity contribution in [1.82, 2.24) is 5.32 Å². The van der Waals surface area contributed by atoms with E-state index < -0.39 is 18.0 Å². The topological polar surface area (TPSA) is 86.6 Å². The van der Waals surface area contributed by atoms with Crippen molar-refractivity contribution in [2.75, 3.05) is 12.3 Å². The lowest BCUT2D eigenvalue weighted by molar-refractivity contribution is -0.139. The second-order valence-corrected chi connectivity index (χ2v) is 5.29. The molecule has 0 amide bonds. The Morgan fingerprint density at radius 3 is 2.62 bits per heavy atom. The van der Waals surface area contributed by atoms with Crippen LogP contribution < -0.4 is 5.32 Å². The summed E-state index contributed by atoms with van der Waals surface area (Å²) in [5.41, 5.74) is 0. The van der Waals surface area contributed by atoms with Crippen molar-refractivity contribution in [3.8, 4) is 0 Å². The van der Waals surface area contributed by atoms with Gasteiger partial charge in [-0.05, 0) is 25.0 Å². The smallest absolute Gasteiger partial charge is 0.320 e. The van der Waals surface area contributed by atoms with Crippen LogP contribution in [0.5, 0.6) is 0 Å². The molecule has 1 heterocycles. The zero-order chi connectivity index (χ0) is 12.0. The van der Waals surface area contributed by atoms with Crippen LogP contribution in [0.1, 0.15) is 25.7 Å². The minimum Gasteiger partial charge on any atom is -0.481 e. The number of unbranched alkanes of at least 4 members (excludes halogenated alkanes) is 1. The summed E-state index contributed by atoms with van der Waals surface area (Å²) >= 11 is 1.74. The number of aliphatic carboxylic acids is 2. The van der Waals surface area contributed by atoms with Gasteiger partial charge >= 0.3 is 11.9 Å². The summed E-state index contributed by atoms with van der Waals surface area (Å²) in [6.07, 6.45) is 2.47. The minimum atomic E-state index is -0.783. The first kappa shape index (κ1) is 13.3. The van der Waals surface area contributed by atoms with Crippen LogP contribution in [0.15, 0.2) is 0 Å². The highest BCUT2D eigenvalue weighted by molar-refractivity contribution is 7.99. The maximum absolute atomic E-state index is 10.7. The Bertz CT molecular complexity index is 259. The standard InChI is InChI=1S/C10H17NO4S/c12-9(13)3-1-2-4-16-7-5-8(10(14)15)11-6-7/h7-8,11H,1-6H2,(H,12,13)(H,14,15)/t7-,8+/m1/s1. The zero-order valence-electron chi connectivity index (χ0n) is 9.02. The molecule has 0 unspecified atom stereocenters. The van der Waals surface area contributed by atoms with Gasteiger partial charge in [0, 0.05) is 18.2 Å². The van der Waals surface area contributed by atoms with Gasteiger partial charge in [0.15, 0.2) is 0 Å². The molecule has 5 nitrogen and oxygen atoms in total. The molecule has 0 saturated carbocycles. The normalized spacial score (nSPS) is 24.5. The Labute approximate surface area is 98.6 Å². The van der Waals surface area contributed by atoms with E-state index in [1.807, 2.05) is 0 Å². The summed E-state index contributed by atoms with van der Waals surface area (Å²) in [6, 6.07) is -0.406. The maximum atomic E-state index is 10.7. The van der Waals surface area contributed by atoms with Crippen molar-refractivity contribution in [3.63, 3.8) is 0 Å². The van der Waals surface area contributed by atoms with Gasteiger partial charge in [-0.1, -0.05) is 0 Å². The number of rotatable bonds is 7. The van der Waals surface area contributed by atoms with Crippen LogP contribution in [0.2, 0.25) is 0 Å². The van der Waals surface area contributed by atoms with E-state index >= 15 is 0 Å². The summed E-state index contributed by atoms with van der Waals surface area (Å²) in [6.45, 7) is 0.737. The summed E-state index contributed by atoms with van der Waals surface area (Å²) in [5.74, 6) is -0.626. The Hall–Kier alpha value is -0.750. The molecule has 0 aromatic rings. The molecule has 0 aromatic heterocycles. The van der Waals surface area contributed by atoms with E-state index in [1.54, 1.807) is 11.8 Å². The van der Waals surface area contributed by atoms with Gasteiger partial charge in [0.2, 0.25) is 0 Å². The molecule has 1 fully saturated rings. The lowest BCUT2D eigenvalue weighted by atomic mass is 10.2. The number of carboxylic acids is 2. The molecule has 16 heavy (non-hydrogen) atoms. The molecule has 0 bridgehead atoms. The van der Waals surface area contributed by atoms with Gasteiger partial charge in [-0.2, -0.15) is 11.8 Å². The SMILES string of the molecule is O=C(O)CCCCS[C@H]1CN[C@H](C(=O)O)C1. The number of carboxylic acid groups (broad SMARTS) is 2. The van der Waals surface area contributed by atoms with Gasteiger partial charge in [0.1, 0.15) is 6.04 Å². The highest BCUT2D eigenvalue weighted by Gasteiger charge is 2.28. The van der Waals surface area contributed by atoms with Crippen LogP contribution in [0.25, 0.3) is 0 Å². The second kappa shape index (κ2) is 6.75. The molecule has 1 rings (SSSR count). The predicted molar refractivity (Wildman–Crippen MR) is 61.8 cm³/mol. The molecule has 1 aliphatic heterocycles. The van der Waals surface area contributed by atoms with Gasteiger partial charge < -0.3 is 15.5 Å². The third-order valence-corrected chi connectivity index (χ3v) is 3.88. The lowest BCUT2D eigenvalue weighted by Crippen LogP contribution is -2.29. The molecule has 6 heteroatoms. The zero-order valence-corrected chi connectivity index (χ0v) is 9.83. The first-order chi connectivity index (χ1) is 7.59. The number of nitrogens with one attached hydrogen (secondary N) is 1. The van der Waals surface area contributed by atoms with Crippen LogP contribution in [-0.4, -0.2) is 45.7 Å². The molecule has 0 spiro atoms. The van der Waals surface area contributed by atoms with E-state index in [-0.39, 0.29) is 6.42 Å². The minimum absolute atomic E-state index is 0.223. The lowest BCUT2D eigenvalue weighted by Gasteiger charge is -2.07. The molecular formula is C10H17NO4S. The van der Waals surface area contributed by atoms with Gasteiger partial charge in [-0.25, -0.2) is 0 Å². The monoisotopic (exact) mass is 247 g/mol.